The number of rotatable bonds is 8. The highest BCUT2D eigenvalue weighted by Crippen LogP contribution is 2.22. The van der Waals surface area contributed by atoms with E-state index in [1.165, 1.54) is 37.8 Å². The molecule has 1 atom stereocenters. The molecule has 0 aliphatic carbocycles. The highest BCUT2D eigenvalue weighted by Gasteiger charge is 2.09. The van der Waals surface area contributed by atoms with Crippen molar-refractivity contribution in [2.75, 3.05) is 12.9 Å². The molecule has 1 unspecified atom stereocenters. The van der Waals surface area contributed by atoms with E-state index in [4.69, 9.17) is 4.55 Å². The standard InChI is InChI=1S/C15H23FO.CH4O3S/c1-2-3-4-5-6-7-14(12-17)13-8-10-15(16)11-9-13;1-5(2,3)4/h8-11,14,17H,2-7,12H2,1H3;1H3,(H,2,3,4). The molecule has 1 rings (SSSR count). The van der Waals surface area contributed by atoms with Crippen LogP contribution in [0.5, 0.6) is 0 Å². The Morgan fingerprint density at radius 3 is 2.05 bits per heavy atom. The number of benzene rings is 1. The van der Waals surface area contributed by atoms with Gasteiger partial charge in [-0.3, -0.25) is 4.55 Å². The van der Waals surface area contributed by atoms with Crippen LogP contribution < -0.4 is 0 Å². The van der Waals surface area contributed by atoms with Crippen molar-refractivity contribution in [1.29, 1.82) is 0 Å². The molecule has 128 valence electrons. The van der Waals surface area contributed by atoms with Gasteiger partial charge in [-0.15, -0.1) is 0 Å². The van der Waals surface area contributed by atoms with Gasteiger partial charge in [0.1, 0.15) is 5.82 Å². The minimum Gasteiger partial charge on any atom is -0.396 e. The molecule has 0 heterocycles. The van der Waals surface area contributed by atoms with Crippen molar-refractivity contribution in [2.24, 2.45) is 0 Å². The zero-order valence-electron chi connectivity index (χ0n) is 13.3. The van der Waals surface area contributed by atoms with Crippen molar-refractivity contribution in [1.82, 2.24) is 0 Å². The molecule has 0 aliphatic rings. The van der Waals surface area contributed by atoms with Gasteiger partial charge in [0.25, 0.3) is 10.1 Å². The van der Waals surface area contributed by atoms with E-state index in [1.54, 1.807) is 12.1 Å². The van der Waals surface area contributed by atoms with Gasteiger partial charge in [0.15, 0.2) is 0 Å². The number of unbranched alkanes of at least 4 members (excludes halogenated alkanes) is 4. The van der Waals surface area contributed by atoms with E-state index >= 15 is 0 Å². The third-order valence-electron chi connectivity index (χ3n) is 3.22. The average Bonchev–Trinajstić information content (AvgIpc) is 2.42. The molecule has 0 saturated carbocycles. The molecule has 0 fully saturated rings. The summed E-state index contributed by atoms with van der Waals surface area (Å²) in [7, 11) is -3.67. The third-order valence-corrected chi connectivity index (χ3v) is 3.22. The van der Waals surface area contributed by atoms with Gasteiger partial charge in [-0.05, 0) is 24.1 Å². The second kappa shape index (κ2) is 11.6. The summed E-state index contributed by atoms with van der Waals surface area (Å²) in [6.45, 7) is 2.36. The lowest BCUT2D eigenvalue weighted by molar-refractivity contribution is 0.256. The molecule has 1 aromatic carbocycles. The van der Waals surface area contributed by atoms with Crippen molar-refractivity contribution in [3.63, 3.8) is 0 Å². The first kappa shape index (κ1) is 21.0. The Hall–Kier alpha value is -0.980. The fourth-order valence-electron chi connectivity index (χ4n) is 2.09. The molecule has 0 aliphatic heterocycles. The fraction of sp³-hybridized carbons (Fsp3) is 0.625. The molecule has 0 spiro atoms. The summed E-state index contributed by atoms with van der Waals surface area (Å²) >= 11 is 0. The summed E-state index contributed by atoms with van der Waals surface area (Å²) in [5, 5.41) is 9.36. The lowest BCUT2D eigenvalue weighted by Gasteiger charge is -2.14. The minimum absolute atomic E-state index is 0.152. The number of aliphatic hydroxyl groups excluding tert-OH is 1. The lowest BCUT2D eigenvalue weighted by atomic mass is 9.93. The summed E-state index contributed by atoms with van der Waals surface area (Å²) < 4.78 is 38.7. The molecule has 2 N–H and O–H groups in total. The van der Waals surface area contributed by atoms with Crippen LogP contribution in [0.2, 0.25) is 0 Å². The summed E-state index contributed by atoms with van der Waals surface area (Å²) in [6, 6.07) is 6.49. The van der Waals surface area contributed by atoms with Gasteiger partial charge in [0.2, 0.25) is 0 Å². The Bertz CT molecular complexity index is 477. The topological polar surface area (TPSA) is 74.6 Å². The van der Waals surface area contributed by atoms with Crippen LogP contribution in [0.15, 0.2) is 24.3 Å². The highest BCUT2D eigenvalue weighted by atomic mass is 32.2. The molecule has 6 heteroatoms. The molecular formula is C16H27FO4S. The zero-order valence-corrected chi connectivity index (χ0v) is 14.2. The second-order valence-electron chi connectivity index (χ2n) is 5.37. The van der Waals surface area contributed by atoms with Gasteiger partial charge in [-0.2, -0.15) is 8.42 Å². The first-order valence-electron chi connectivity index (χ1n) is 7.56. The Morgan fingerprint density at radius 1 is 1.09 bits per heavy atom. The highest BCUT2D eigenvalue weighted by molar-refractivity contribution is 7.85. The average molecular weight is 334 g/mol. The van der Waals surface area contributed by atoms with Gasteiger partial charge in [0.05, 0.1) is 6.26 Å². The minimum atomic E-state index is -3.67. The zero-order chi connectivity index (χ0) is 17.0. The van der Waals surface area contributed by atoms with Crippen LogP contribution in [0.4, 0.5) is 4.39 Å². The maximum absolute atomic E-state index is 12.8. The molecule has 4 nitrogen and oxygen atoms in total. The first-order valence-corrected chi connectivity index (χ1v) is 9.41. The maximum Gasteiger partial charge on any atom is 0.261 e. The SMILES string of the molecule is CCCCCCCC(CO)c1ccc(F)cc1.CS(=O)(=O)O. The molecule has 0 radical (unpaired) electrons. The van der Waals surface area contributed by atoms with E-state index in [0.717, 1.165) is 18.4 Å². The monoisotopic (exact) mass is 334 g/mol. The normalized spacial score (nSPS) is 12.4. The number of hydrogen-bond acceptors (Lipinski definition) is 3. The molecule has 0 amide bonds. The van der Waals surface area contributed by atoms with Crippen LogP contribution in [-0.2, 0) is 10.1 Å². The fourth-order valence-corrected chi connectivity index (χ4v) is 2.09. The van der Waals surface area contributed by atoms with E-state index in [9.17, 15) is 17.9 Å². The predicted octanol–water partition coefficient (Wildman–Crippen LogP) is 3.77. The Labute approximate surface area is 133 Å². The molecule has 22 heavy (non-hydrogen) atoms. The van der Waals surface area contributed by atoms with Crippen molar-refractivity contribution >= 4 is 10.1 Å². The van der Waals surface area contributed by atoms with Crippen LogP contribution in [0, 0.1) is 5.82 Å². The summed E-state index contributed by atoms with van der Waals surface area (Å²) in [6.07, 6.45) is 7.90. The smallest absolute Gasteiger partial charge is 0.261 e. The Morgan fingerprint density at radius 2 is 1.59 bits per heavy atom. The number of halogens is 1. The van der Waals surface area contributed by atoms with Gasteiger partial charge >= 0.3 is 0 Å². The van der Waals surface area contributed by atoms with Gasteiger partial charge in [0, 0.05) is 12.5 Å². The third kappa shape index (κ3) is 12.7. The Kier molecular flexibility index (Phi) is 11.1. The van der Waals surface area contributed by atoms with Crippen LogP contribution in [0.25, 0.3) is 0 Å². The maximum atomic E-state index is 12.8. The lowest BCUT2D eigenvalue weighted by Crippen LogP contribution is -2.04. The summed E-state index contributed by atoms with van der Waals surface area (Å²) in [5.41, 5.74) is 1.05. The predicted molar refractivity (Wildman–Crippen MR) is 87.1 cm³/mol. The van der Waals surface area contributed by atoms with E-state index in [2.05, 4.69) is 6.92 Å². The molecule has 1 aromatic rings. The number of hydrogen-bond donors (Lipinski definition) is 2. The molecule has 0 saturated heterocycles. The van der Waals surface area contributed by atoms with Crippen LogP contribution >= 0.6 is 0 Å². The van der Waals surface area contributed by atoms with E-state index < -0.39 is 10.1 Å². The van der Waals surface area contributed by atoms with Crippen molar-refractivity contribution in [3.8, 4) is 0 Å². The first-order chi connectivity index (χ1) is 10.3. The van der Waals surface area contributed by atoms with Gasteiger partial charge in [-0.1, -0.05) is 51.2 Å². The van der Waals surface area contributed by atoms with E-state index in [0.29, 0.717) is 6.26 Å². The van der Waals surface area contributed by atoms with Crippen molar-refractivity contribution < 1.29 is 22.5 Å². The van der Waals surface area contributed by atoms with Crippen LogP contribution in [0.3, 0.4) is 0 Å². The van der Waals surface area contributed by atoms with E-state index in [-0.39, 0.29) is 18.3 Å². The quantitative estimate of drug-likeness (QED) is 0.560. The van der Waals surface area contributed by atoms with Crippen LogP contribution in [-0.4, -0.2) is 30.9 Å². The van der Waals surface area contributed by atoms with E-state index in [1.807, 2.05) is 0 Å². The van der Waals surface area contributed by atoms with Gasteiger partial charge in [-0.25, -0.2) is 4.39 Å². The van der Waals surface area contributed by atoms with Crippen molar-refractivity contribution in [2.45, 2.75) is 51.4 Å². The molecule has 0 bridgehead atoms. The second-order valence-corrected chi connectivity index (χ2v) is 6.83. The number of aliphatic hydroxyl groups is 1. The molecule has 0 aromatic heterocycles. The van der Waals surface area contributed by atoms with Crippen LogP contribution in [0.1, 0.15) is 56.9 Å². The Balaban J connectivity index is 0.000000763. The largest absolute Gasteiger partial charge is 0.396 e. The van der Waals surface area contributed by atoms with Crippen molar-refractivity contribution in [3.05, 3.63) is 35.6 Å². The molecular weight excluding hydrogens is 307 g/mol. The summed E-state index contributed by atoms with van der Waals surface area (Å²) in [4.78, 5) is 0. The summed E-state index contributed by atoms with van der Waals surface area (Å²) in [5.74, 6) is -0.0504. The van der Waals surface area contributed by atoms with Gasteiger partial charge < -0.3 is 5.11 Å².